The first-order valence-corrected chi connectivity index (χ1v) is 9.08. The molecular formula is C23H28N2. The average Bonchev–Trinajstić information content (AvgIpc) is 3.11. The van der Waals surface area contributed by atoms with Gasteiger partial charge in [0.15, 0.2) is 0 Å². The van der Waals surface area contributed by atoms with Crippen LogP contribution < -0.4 is 0 Å². The molecule has 2 heteroatoms. The van der Waals surface area contributed by atoms with Crippen molar-refractivity contribution in [3.05, 3.63) is 78.5 Å². The third-order valence-electron chi connectivity index (χ3n) is 4.31. The maximum Gasteiger partial charge on any atom is 0.0953 e. The van der Waals surface area contributed by atoms with Crippen LogP contribution in [0.25, 0.3) is 22.0 Å². The number of allylic oxidation sites excluding steroid dienone is 2. The molecule has 2 aromatic carbocycles. The van der Waals surface area contributed by atoms with Gasteiger partial charge in [0, 0.05) is 5.39 Å². The van der Waals surface area contributed by atoms with Crippen molar-refractivity contribution in [1.82, 2.24) is 10.2 Å². The molecule has 0 aliphatic carbocycles. The van der Waals surface area contributed by atoms with Gasteiger partial charge >= 0.3 is 0 Å². The van der Waals surface area contributed by atoms with Crippen LogP contribution in [0.1, 0.15) is 50.4 Å². The number of benzene rings is 2. The summed E-state index contributed by atoms with van der Waals surface area (Å²) in [5, 5.41) is 8.63. The Morgan fingerprint density at radius 2 is 1.56 bits per heavy atom. The van der Waals surface area contributed by atoms with E-state index in [2.05, 4.69) is 60.6 Å². The van der Waals surface area contributed by atoms with Gasteiger partial charge in [-0.05, 0) is 47.6 Å². The molecule has 3 rings (SSSR count). The average molecular weight is 332 g/mol. The lowest BCUT2D eigenvalue weighted by Crippen LogP contribution is -1.92. The van der Waals surface area contributed by atoms with Gasteiger partial charge in [-0.25, -0.2) is 0 Å². The molecule has 0 atom stereocenters. The molecule has 1 aromatic heterocycles. The number of fused-ring (bicyclic) bond motifs is 1. The predicted octanol–water partition coefficient (Wildman–Crippen LogP) is 6.66. The zero-order valence-electron chi connectivity index (χ0n) is 15.6. The fourth-order valence-corrected chi connectivity index (χ4v) is 2.96. The summed E-state index contributed by atoms with van der Waals surface area (Å²) >= 11 is 0. The zero-order valence-corrected chi connectivity index (χ0v) is 15.6. The standard InChI is InChI=1S/C21H22N2.C2H6/c1-4-17-9-5-6-10-18(17)15(2)13-14-16(3)21-19-11-7-8-12-20(19)22-23-21;1-2/h5-12H,2-4,13-14H2,1H3,(H,22,23);1-2H3. The maximum absolute atomic E-state index is 4.43. The van der Waals surface area contributed by atoms with Crippen molar-refractivity contribution in [2.75, 3.05) is 0 Å². The molecule has 0 radical (unpaired) electrons. The molecule has 1 N–H and O–H groups in total. The number of hydrogen-bond acceptors (Lipinski definition) is 1. The fourth-order valence-electron chi connectivity index (χ4n) is 2.96. The van der Waals surface area contributed by atoms with Gasteiger partial charge in [-0.1, -0.05) is 76.4 Å². The Bertz CT molecular complexity index is 855. The Morgan fingerprint density at radius 3 is 2.32 bits per heavy atom. The van der Waals surface area contributed by atoms with E-state index in [1.165, 1.54) is 16.7 Å². The predicted molar refractivity (Wildman–Crippen MR) is 111 cm³/mol. The van der Waals surface area contributed by atoms with Gasteiger partial charge in [-0.15, -0.1) is 0 Å². The van der Waals surface area contributed by atoms with Gasteiger partial charge in [0.2, 0.25) is 0 Å². The minimum Gasteiger partial charge on any atom is -0.277 e. The van der Waals surface area contributed by atoms with Crippen molar-refractivity contribution in [2.45, 2.75) is 40.0 Å². The molecule has 3 aromatic rings. The smallest absolute Gasteiger partial charge is 0.0953 e. The van der Waals surface area contributed by atoms with E-state index < -0.39 is 0 Å². The van der Waals surface area contributed by atoms with Crippen molar-refractivity contribution in [2.24, 2.45) is 0 Å². The number of para-hydroxylation sites is 1. The molecule has 0 bridgehead atoms. The number of H-pyrrole nitrogens is 1. The van der Waals surface area contributed by atoms with E-state index in [0.29, 0.717) is 0 Å². The molecule has 0 aliphatic rings. The number of hydrogen-bond donors (Lipinski definition) is 1. The molecule has 2 nitrogen and oxygen atoms in total. The minimum absolute atomic E-state index is 0.867. The zero-order chi connectivity index (χ0) is 18.2. The van der Waals surface area contributed by atoms with Crippen LogP contribution in [-0.4, -0.2) is 10.2 Å². The summed E-state index contributed by atoms with van der Waals surface area (Å²) in [6.45, 7) is 14.7. The number of aryl methyl sites for hydroxylation is 1. The molecule has 0 amide bonds. The lowest BCUT2D eigenvalue weighted by Gasteiger charge is -2.11. The van der Waals surface area contributed by atoms with Crippen molar-refractivity contribution in [3.63, 3.8) is 0 Å². The van der Waals surface area contributed by atoms with Crippen LogP contribution in [-0.2, 0) is 6.42 Å². The van der Waals surface area contributed by atoms with Crippen LogP contribution in [0.15, 0.2) is 61.7 Å². The van der Waals surface area contributed by atoms with Crippen LogP contribution in [0.5, 0.6) is 0 Å². The molecule has 25 heavy (non-hydrogen) atoms. The second kappa shape index (κ2) is 9.03. The van der Waals surface area contributed by atoms with Gasteiger partial charge in [-0.2, -0.15) is 5.10 Å². The number of aromatic nitrogens is 2. The first-order valence-electron chi connectivity index (χ1n) is 9.08. The Morgan fingerprint density at radius 1 is 0.920 bits per heavy atom. The third kappa shape index (κ3) is 4.27. The van der Waals surface area contributed by atoms with Crippen LogP contribution in [0, 0.1) is 0 Å². The van der Waals surface area contributed by atoms with E-state index in [1.54, 1.807) is 0 Å². The van der Waals surface area contributed by atoms with Gasteiger partial charge in [0.05, 0.1) is 11.2 Å². The first kappa shape index (κ1) is 18.7. The van der Waals surface area contributed by atoms with E-state index in [4.69, 9.17) is 0 Å². The summed E-state index contributed by atoms with van der Waals surface area (Å²) in [6.07, 6.45) is 2.79. The molecule has 0 saturated heterocycles. The molecule has 0 saturated carbocycles. The third-order valence-corrected chi connectivity index (χ3v) is 4.31. The first-order chi connectivity index (χ1) is 12.2. The van der Waals surface area contributed by atoms with Crippen molar-refractivity contribution < 1.29 is 0 Å². The number of nitrogens with zero attached hydrogens (tertiary/aromatic N) is 1. The van der Waals surface area contributed by atoms with E-state index in [-0.39, 0.29) is 0 Å². The monoisotopic (exact) mass is 332 g/mol. The van der Waals surface area contributed by atoms with Gasteiger partial charge in [0.1, 0.15) is 0 Å². The Labute approximate surface area is 151 Å². The second-order valence-corrected chi connectivity index (χ2v) is 5.84. The highest BCUT2D eigenvalue weighted by molar-refractivity contribution is 5.90. The van der Waals surface area contributed by atoms with E-state index in [1.807, 2.05) is 32.0 Å². The van der Waals surface area contributed by atoms with E-state index >= 15 is 0 Å². The fraction of sp³-hybridized carbons (Fsp3) is 0.261. The Hall–Kier alpha value is -2.61. The molecule has 0 fully saturated rings. The Kier molecular flexibility index (Phi) is 6.76. The minimum atomic E-state index is 0.867. The second-order valence-electron chi connectivity index (χ2n) is 5.84. The summed E-state index contributed by atoms with van der Waals surface area (Å²) in [5.41, 5.74) is 6.88. The van der Waals surface area contributed by atoms with Crippen LogP contribution >= 0.6 is 0 Å². The molecule has 130 valence electrons. The van der Waals surface area contributed by atoms with Crippen LogP contribution in [0.2, 0.25) is 0 Å². The SMILES string of the molecule is C=C(CCC(=C)c1n[nH]c2ccccc12)c1ccccc1CC.CC. The topological polar surface area (TPSA) is 28.7 Å². The normalized spacial score (nSPS) is 10.2. The molecule has 1 heterocycles. The largest absolute Gasteiger partial charge is 0.277 e. The van der Waals surface area contributed by atoms with Crippen LogP contribution in [0.4, 0.5) is 0 Å². The van der Waals surface area contributed by atoms with Gasteiger partial charge in [0.25, 0.3) is 0 Å². The highest BCUT2D eigenvalue weighted by Crippen LogP contribution is 2.29. The molecular weight excluding hydrogens is 304 g/mol. The summed E-state index contributed by atoms with van der Waals surface area (Å²) in [5.74, 6) is 0. The summed E-state index contributed by atoms with van der Waals surface area (Å²) in [6, 6.07) is 16.7. The van der Waals surface area contributed by atoms with Gasteiger partial charge in [-0.3, -0.25) is 5.10 Å². The maximum atomic E-state index is 4.43. The lowest BCUT2D eigenvalue weighted by atomic mass is 9.94. The molecule has 0 spiro atoms. The van der Waals surface area contributed by atoms with Crippen molar-refractivity contribution >= 4 is 22.0 Å². The molecule has 0 unspecified atom stereocenters. The highest BCUT2D eigenvalue weighted by atomic mass is 15.1. The van der Waals surface area contributed by atoms with Gasteiger partial charge < -0.3 is 0 Å². The van der Waals surface area contributed by atoms with Crippen molar-refractivity contribution in [3.8, 4) is 0 Å². The quantitative estimate of drug-likeness (QED) is 0.537. The lowest BCUT2D eigenvalue weighted by molar-refractivity contribution is 1.04. The summed E-state index contributed by atoms with van der Waals surface area (Å²) < 4.78 is 0. The number of rotatable bonds is 6. The Balaban J connectivity index is 0.00000109. The summed E-state index contributed by atoms with van der Waals surface area (Å²) in [4.78, 5) is 0. The summed E-state index contributed by atoms with van der Waals surface area (Å²) in [7, 11) is 0. The van der Waals surface area contributed by atoms with Crippen LogP contribution in [0.3, 0.4) is 0 Å². The van der Waals surface area contributed by atoms with E-state index in [9.17, 15) is 0 Å². The van der Waals surface area contributed by atoms with E-state index in [0.717, 1.165) is 41.4 Å². The molecule has 0 aliphatic heterocycles. The van der Waals surface area contributed by atoms with Crippen molar-refractivity contribution in [1.29, 1.82) is 0 Å². The number of nitrogens with one attached hydrogen (secondary N) is 1. The number of aromatic amines is 1. The highest BCUT2D eigenvalue weighted by Gasteiger charge is 2.10.